The van der Waals surface area contributed by atoms with Crippen molar-refractivity contribution < 1.29 is 18.3 Å². The summed E-state index contributed by atoms with van der Waals surface area (Å²) in [6.07, 6.45) is 4.22. The van der Waals surface area contributed by atoms with Gasteiger partial charge in [-0.1, -0.05) is 24.3 Å². The van der Waals surface area contributed by atoms with Crippen molar-refractivity contribution in [3.8, 4) is 22.5 Å². The van der Waals surface area contributed by atoms with Crippen molar-refractivity contribution in [3.63, 3.8) is 0 Å². The second kappa shape index (κ2) is 10.5. The highest BCUT2D eigenvalue weighted by atomic mass is 19.1. The van der Waals surface area contributed by atoms with Crippen molar-refractivity contribution in [2.45, 2.75) is 45.6 Å². The molecule has 0 unspecified atom stereocenters. The lowest BCUT2D eigenvalue weighted by Crippen LogP contribution is -2.61. The van der Waals surface area contributed by atoms with Gasteiger partial charge in [-0.05, 0) is 74.8 Å². The number of hydrogen-bond acceptors (Lipinski definition) is 5. The van der Waals surface area contributed by atoms with E-state index in [0.29, 0.717) is 27.7 Å². The molecule has 41 heavy (non-hydrogen) atoms. The van der Waals surface area contributed by atoms with Crippen LogP contribution < -0.4 is 0 Å². The zero-order valence-electron chi connectivity index (χ0n) is 23.7. The maximum Gasteiger partial charge on any atom is 0.410 e. The molecular weight excluding hydrogens is 524 g/mol. The quantitative estimate of drug-likeness (QED) is 0.304. The number of aromatic amines is 1. The Balaban J connectivity index is 1.04. The van der Waals surface area contributed by atoms with Gasteiger partial charge >= 0.3 is 6.09 Å². The van der Waals surface area contributed by atoms with Crippen LogP contribution in [0.5, 0.6) is 0 Å². The Kier molecular flexibility index (Phi) is 7.01. The number of rotatable bonds is 5. The summed E-state index contributed by atoms with van der Waals surface area (Å²) in [4.78, 5) is 28.7. The number of likely N-dealkylation sites (tertiary alicyclic amines) is 2. The van der Waals surface area contributed by atoms with E-state index in [9.17, 15) is 13.6 Å². The lowest BCUT2D eigenvalue weighted by Gasteiger charge is -2.54. The summed E-state index contributed by atoms with van der Waals surface area (Å²) in [6.45, 7) is 10.4. The molecule has 4 heterocycles. The molecule has 2 aromatic heterocycles. The average molecular weight is 560 g/mol. The predicted molar refractivity (Wildman–Crippen MR) is 154 cm³/mol. The number of ether oxygens (including phenoxy) is 1. The number of hydrogen-bond donors (Lipinski definition) is 1. The van der Waals surface area contributed by atoms with Gasteiger partial charge in [0.05, 0.1) is 5.69 Å². The standard InChI is InChI=1S/C32H35F2N5O2/c1-31(2,3)41-30(40)39-12-9-32(10-13-39)18-38(19-32)11-8-21-4-6-22(7-5-21)27-17-26-28(35-20-36-29(26)37-27)23-14-24(33)16-25(34)15-23/h4-7,14-17,20H,8-13,18-19H2,1-3H3,(H,35,36,37). The second-order valence-corrected chi connectivity index (χ2v) is 12.5. The van der Waals surface area contributed by atoms with Crippen LogP contribution >= 0.6 is 0 Å². The number of carbonyl (C=O) groups is 1. The maximum absolute atomic E-state index is 13.8. The highest BCUT2D eigenvalue weighted by Gasteiger charge is 2.45. The topological polar surface area (TPSA) is 74.3 Å². The summed E-state index contributed by atoms with van der Waals surface area (Å²) in [5.74, 6) is -1.29. The van der Waals surface area contributed by atoms with Crippen molar-refractivity contribution in [1.29, 1.82) is 0 Å². The van der Waals surface area contributed by atoms with E-state index in [1.807, 2.05) is 31.7 Å². The molecule has 6 rings (SSSR count). The van der Waals surface area contributed by atoms with Gasteiger partial charge in [0.25, 0.3) is 0 Å². The Morgan fingerprint density at radius 3 is 2.32 bits per heavy atom. The summed E-state index contributed by atoms with van der Waals surface area (Å²) >= 11 is 0. The minimum absolute atomic E-state index is 0.199. The third-order valence-corrected chi connectivity index (χ3v) is 8.14. The molecule has 2 fully saturated rings. The highest BCUT2D eigenvalue weighted by Crippen LogP contribution is 2.40. The zero-order valence-corrected chi connectivity index (χ0v) is 23.7. The van der Waals surface area contributed by atoms with E-state index < -0.39 is 17.2 Å². The van der Waals surface area contributed by atoms with Crippen molar-refractivity contribution >= 4 is 17.1 Å². The molecule has 2 saturated heterocycles. The summed E-state index contributed by atoms with van der Waals surface area (Å²) < 4.78 is 33.2. The van der Waals surface area contributed by atoms with Crippen LogP contribution in [0.2, 0.25) is 0 Å². The molecule has 214 valence electrons. The van der Waals surface area contributed by atoms with Gasteiger partial charge in [0.2, 0.25) is 0 Å². The number of H-pyrrole nitrogens is 1. The van der Waals surface area contributed by atoms with Gasteiger partial charge < -0.3 is 19.5 Å². The molecule has 1 N–H and O–H groups in total. The number of carbonyl (C=O) groups excluding carboxylic acids is 1. The fraction of sp³-hybridized carbons (Fsp3) is 0.406. The van der Waals surface area contributed by atoms with Crippen LogP contribution in [0.1, 0.15) is 39.2 Å². The van der Waals surface area contributed by atoms with E-state index in [1.165, 1.54) is 24.0 Å². The van der Waals surface area contributed by atoms with E-state index in [4.69, 9.17) is 4.74 Å². The van der Waals surface area contributed by atoms with Crippen LogP contribution in [-0.4, -0.2) is 69.2 Å². The van der Waals surface area contributed by atoms with Crippen LogP contribution in [0.3, 0.4) is 0 Å². The third kappa shape index (κ3) is 5.95. The van der Waals surface area contributed by atoms with Gasteiger partial charge in [-0.3, -0.25) is 0 Å². The summed E-state index contributed by atoms with van der Waals surface area (Å²) in [5, 5.41) is 0.709. The highest BCUT2D eigenvalue weighted by molar-refractivity contribution is 5.94. The zero-order chi connectivity index (χ0) is 28.8. The molecule has 0 aliphatic carbocycles. The first-order valence-electron chi connectivity index (χ1n) is 14.2. The fourth-order valence-corrected chi connectivity index (χ4v) is 6.02. The van der Waals surface area contributed by atoms with Crippen LogP contribution in [0.15, 0.2) is 54.9 Å². The number of fused-ring (bicyclic) bond motifs is 1. The van der Waals surface area contributed by atoms with E-state index >= 15 is 0 Å². The third-order valence-electron chi connectivity index (χ3n) is 8.14. The summed E-state index contributed by atoms with van der Waals surface area (Å²) in [5.41, 5.74) is 4.47. The molecular formula is C32H35F2N5O2. The normalized spacial score (nSPS) is 17.1. The van der Waals surface area contributed by atoms with Gasteiger partial charge in [-0.2, -0.15) is 0 Å². The number of benzene rings is 2. The maximum atomic E-state index is 13.8. The van der Waals surface area contributed by atoms with Crippen molar-refractivity contribution in [3.05, 3.63) is 72.1 Å². The monoisotopic (exact) mass is 559 g/mol. The molecule has 1 amide bonds. The largest absolute Gasteiger partial charge is 0.444 e. The first kappa shape index (κ1) is 27.3. The van der Waals surface area contributed by atoms with Gasteiger partial charge in [0.15, 0.2) is 0 Å². The molecule has 7 nitrogen and oxygen atoms in total. The molecule has 2 aliphatic heterocycles. The minimum Gasteiger partial charge on any atom is -0.444 e. The van der Waals surface area contributed by atoms with Crippen LogP contribution in [-0.2, 0) is 11.2 Å². The number of piperidine rings is 1. The number of halogens is 2. The average Bonchev–Trinajstić information content (AvgIpc) is 3.34. The molecule has 2 aromatic carbocycles. The van der Waals surface area contributed by atoms with Gasteiger partial charge in [0.1, 0.15) is 29.2 Å². The molecule has 0 radical (unpaired) electrons. The van der Waals surface area contributed by atoms with Gasteiger partial charge in [0, 0.05) is 55.4 Å². The van der Waals surface area contributed by atoms with Crippen molar-refractivity contribution in [2.24, 2.45) is 5.41 Å². The van der Waals surface area contributed by atoms with Gasteiger partial charge in [-0.25, -0.2) is 23.5 Å². The molecule has 9 heteroatoms. The summed E-state index contributed by atoms with van der Waals surface area (Å²) in [6, 6.07) is 13.8. The molecule has 2 aliphatic rings. The first-order chi connectivity index (χ1) is 19.6. The van der Waals surface area contributed by atoms with Crippen LogP contribution in [0.25, 0.3) is 33.5 Å². The smallest absolute Gasteiger partial charge is 0.410 e. The van der Waals surface area contributed by atoms with E-state index in [0.717, 1.165) is 69.3 Å². The Labute approximate surface area is 238 Å². The predicted octanol–water partition coefficient (Wildman–Crippen LogP) is 6.45. The second-order valence-electron chi connectivity index (χ2n) is 12.5. The SMILES string of the molecule is CC(C)(C)OC(=O)N1CCC2(CC1)CN(CCc1ccc(-c3cc4c(-c5cc(F)cc(F)c5)ncnc4[nH]3)cc1)C2. The van der Waals surface area contributed by atoms with Crippen LogP contribution in [0.4, 0.5) is 13.6 Å². The number of nitrogens with zero attached hydrogens (tertiary/aromatic N) is 4. The number of aromatic nitrogens is 3. The lowest BCUT2D eigenvalue weighted by atomic mass is 9.72. The van der Waals surface area contributed by atoms with E-state index in [2.05, 4.69) is 44.1 Å². The molecule has 0 bridgehead atoms. The van der Waals surface area contributed by atoms with E-state index in [-0.39, 0.29) is 6.09 Å². The molecule has 4 aromatic rings. The number of nitrogens with one attached hydrogen (secondary N) is 1. The van der Waals surface area contributed by atoms with Gasteiger partial charge in [-0.15, -0.1) is 0 Å². The number of amides is 1. The lowest BCUT2D eigenvalue weighted by molar-refractivity contribution is -0.0505. The van der Waals surface area contributed by atoms with E-state index in [1.54, 1.807) is 0 Å². The Morgan fingerprint density at radius 1 is 0.976 bits per heavy atom. The van der Waals surface area contributed by atoms with Crippen molar-refractivity contribution in [1.82, 2.24) is 24.8 Å². The van der Waals surface area contributed by atoms with Crippen molar-refractivity contribution in [2.75, 3.05) is 32.7 Å². The molecule has 1 spiro atoms. The molecule has 0 saturated carbocycles. The van der Waals surface area contributed by atoms with Crippen LogP contribution in [0, 0.1) is 17.0 Å². The first-order valence-corrected chi connectivity index (χ1v) is 14.2. The fourth-order valence-electron chi connectivity index (χ4n) is 6.02. The Bertz CT molecular complexity index is 1540. The molecule has 0 atom stereocenters. The summed E-state index contributed by atoms with van der Waals surface area (Å²) in [7, 11) is 0. The minimum atomic E-state index is -0.643. The Morgan fingerprint density at radius 2 is 1.66 bits per heavy atom. The Hall–Kier alpha value is -3.85.